The average Bonchev–Trinajstić information content (AvgIpc) is 2.80. The second-order valence-electron chi connectivity index (χ2n) is 7.19. The first-order chi connectivity index (χ1) is 15.5. The lowest BCUT2D eigenvalue weighted by molar-refractivity contribution is -0.121. The van der Waals surface area contributed by atoms with Gasteiger partial charge < -0.3 is 10.6 Å². The quantitative estimate of drug-likeness (QED) is 0.444. The van der Waals surface area contributed by atoms with Gasteiger partial charge in [0, 0.05) is 23.5 Å². The SMILES string of the molecule is O=C(Cn1c(=O)nc(NCc2ccc(F)cc2)c2ccccc21)NCc1ccccc1Cl. The van der Waals surface area contributed by atoms with Crippen LogP contribution >= 0.6 is 11.6 Å². The van der Waals surface area contributed by atoms with Crippen molar-refractivity contribution in [1.29, 1.82) is 0 Å². The molecule has 0 saturated heterocycles. The maximum Gasteiger partial charge on any atom is 0.350 e. The Morgan fingerprint density at radius 2 is 1.69 bits per heavy atom. The molecule has 0 saturated carbocycles. The Kier molecular flexibility index (Phi) is 6.47. The molecule has 1 amide bonds. The van der Waals surface area contributed by atoms with Crippen molar-refractivity contribution in [3.63, 3.8) is 0 Å². The minimum atomic E-state index is -0.543. The fourth-order valence-corrected chi connectivity index (χ4v) is 3.54. The highest BCUT2D eigenvalue weighted by atomic mass is 35.5. The number of para-hydroxylation sites is 1. The molecule has 0 spiro atoms. The molecule has 0 bridgehead atoms. The van der Waals surface area contributed by atoms with Gasteiger partial charge in [0.1, 0.15) is 18.2 Å². The molecule has 4 rings (SSSR count). The van der Waals surface area contributed by atoms with Gasteiger partial charge in [0.05, 0.1) is 5.52 Å². The summed E-state index contributed by atoms with van der Waals surface area (Å²) >= 11 is 6.13. The average molecular weight is 451 g/mol. The van der Waals surface area contributed by atoms with Gasteiger partial charge in [-0.15, -0.1) is 0 Å². The van der Waals surface area contributed by atoms with Crippen molar-refractivity contribution >= 4 is 34.2 Å². The van der Waals surface area contributed by atoms with Crippen LogP contribution in [-0.2, 0) is 24.4 Å². The summed E-state index contributed by atoms with van der Waals surface area (Å²) in [6, 6.07) is 20.5. The van der Waals surface area contributed by atoms with Crippen molar-refractivity contribution in [1.82, 2.24) is 14.9 Å². The van der Waals surface area contributed by atoms with Crippen LogP contribution in [-0.4, -0.2) is 15.5 Å². The fraction of sp³-hybridized carbons (Fsp3) is 0.125. The van der Waals surface area contributed by atoms with Crippen LogP contribution in [0.4, 0.5) is 10.2 Å². The fourth-order valence-electron chi connectivity index (χ4n) is 3.34. The molecule has 0 aliphatic rings. The Morgan fingerprint density at radius 3 is 2.47 bits per heavy atom. The van der Waals surface area contributed by atoms with Crippen LogP contribution in [0, 0.1) is 5.82 Å². The lowest BCUT2D eigenvalue weighted by Crippen LogP contribution is -2.33. The Morgan fingerprint density at radius 1 is 0.969 bits per heavy atom. The molecule has 3 aromatic carbocycles. The monoisotopic (exact) mass is 450 g/mol. The first kappa shape index (κ1) is 21.5. The molecular weight excluding hydrogens is 431 g/mol. The minimum absolute atomic E-state index is 0.172. The van der Waals surface area contributed by atoms with Gasteiger partial charge in [-0.3, -0.25) is 9.36 Å². The smallest absolute Gasteiger partial charge is 0.350 e. The Bertz CT molecular complexity index is 1320. The van der Waals surface area contributed by atoms with Crippen molar-refractivity contribution < 1.29 is 9.18 Å². The van der Waals surface area contributed by atoms with E-state index in [1.807, 2.05) is 30.3 Å². The van der Waals surface area contributed by atoms with E-state index >= 15 is 0 Å². The molecule has 0 aliphatic heterocycles. The number of hydrogen-bond donors (Lipinski definition) is 2. The van der Waals surface area contributed by atoms with Crippen molar-refractivity contribution in [3.05, 3.63) is 105 Å². The van der Waals surface area contributed by atoms with Gasteiger partial charge in [-0.2, -0.15) is 4.98 Å². The van der Waals surface area contributed by atoms with Crippen LogP contribution in [0.15, 0.2) is 77.6 Å². The van der Waals surface area contributed by atoms with Crippen LogP contribution in [0.25, 0.3) is 10.9 Å². The zero-order valence-corrected chi connectivity index (χ0v) is 17.8. The summed E-state index contributed by atoms with van der Waals surface area (Å²) in [4.78, 5) is 29.4. The number of fused-ring (bicyclic) bond motifs is 1. The number of halogens is 2. The summed E-state index contributed by atoms with van der Waals surface area (Å²) in [5.41, 5.74) is 1.68. The molecule has 0 unspecified atom stereocenters. The molecule has 0 radical (unpaired) electrons. The van der Waals surface area contributed by atoms with E-state index in [2.05, 4.69) is 15.6 Å². The number of aromatic nitrogens is 2. The summed E-state index contributed by atoms with van der Waals surface area (Å²) < 4.78 is 14.4. The molecule has 32 heavy (non-hydrogen) atoms. The third kappa shape index (κ3) is 4.95. The van der Waals surface area contributed by atoms with E-state index in [-0.39, 0.29) is 24.8 Å². The van der Waals surface area contributed by atoms with Crippen LogP contribution in [0.3, 0.4) is 0 Å². The molecule has 6 nitrogen and oxygen atoms in total. The highest BCUT2D eigenvalue weighted by Crippen LogP contribution is 2.20. The van der Waals surface area contributed by atoms with Crippen molar-refractivity contribution in [2.75, 3.05) is 5.32 Å². The molecule has 0 fully saturated rings. The first-order valence-corrected chi connectivity index (χ1v) is 10.4. The van der Waals surface area contributed by atoms with Gasteiger partial charge in [0.25, 0.3) is 0 Å². The largest absolute Gasteiger partial charge is 0.365 e. The van der Waals surface area contributed by atoms with Crippen LogP contribution in [0.2, 0.25) is 5.02 Å². The number of nitrogens with zero attached hydrogens (tertiary/aromatic N) is 2. The predicted octanol–water partition coefficient (Wildman–Crippen LogP) is 4.12. The number of rotatable bonds is 7. The first-order valence-electron chi connectivity index (χ1n) is 9.99. The van der Waals surface area contributed by atoms with Crippen LogP contribution in [0.5, 0.6) is 0 Å². The van der Waals surface area contributed by atoms with E-state index in [0.717, 1.165) is 11.1 Å². The third-order valence-electron chi connectivity index (χ3n) is 5.00. The third-order valence-corrected chi connectivity index (χ3v) is 5.37. The van der Waals surface area contributed by atoms with Gasteiger partial charge in [0.15, 0.2) is 0 Å². The lowest BCUT2D eigenvalue weighted by Gasteiger charge is -2.14. The second-order valence-corrected chi connectivity index (χ2v) is 7.60. The predicted molar refractivity (Wildman–Crippen MR) is 123 cm³/mol. The van der Waals surface area contributed by atoms with E-state index in [4.69, 9.17) is 11.6 Å². The molecule has 0 atom stereocenters. The van der Waals surface area contributed by atoms with E-state index < -0.39 is 5.69 Å². The maximum absolute atomic E-state index is 13.1. The zero-order chi connectivity index (χ0) is 22.5. The van der Waals surface area contributed by atoms with Crippen LogP contribution < -0.4 is 16.3 Å². The molecule has 4 aromatic rings. The number of carbonyl (C=O) groups is 1. The van der Waals surface area contributed by atoms with E-state index in [1.165, 1.54) is 16.7 Å². The maximum atomic E-state index is 13.1. The topological polar surface area (TPSA) is 76.0 Å². The van der Waals surface area contributed by atoms with E-state index in [9.17, 15) is 14.0 Å². The highest BCUT2D eigenvalue weighted by molar-refractivity contribution is 6.31. The molecular formula is C24H20ClFN4O2. The molecule has 1 aromatic heterocycles. The second kappa shape index (κ2) is 9.62. The standard InChI is InChI=1S/C24H20ClFN4O2/c25-20-7-3-1-5-17(20)14-27-22(31)15-30-21-8-4-2-6-19(21)23(29-24(30)32)28-13-16-9-11-18(26)12-10-16/h1-12H,13-15H2,(H,27,31)(H,28,29,32). The Balaban J connectivity index is 1.53. The van der Waals surface area contributed by atoms with Crippen LogP contribution in [0.1, 0.15) is 11.1 Å². The van der Waals surface area contributed by atoms with E-state index in [1.54, 1.807) is 30.3 Å². The number of carbonyl (C=O) groups excluding carboxylic acids is 1. The zero-order valence-electron chi connectivity index (χ0n) is 17.0. The summed E-state index contributed by atoms with van der Waals surface area (Å²) in [5.74, 6) is -0.235. The van der Waals surface area contributed by atoms with E-state index in [0.29, 0.717) is 28.3 Å². The molecule has 162 valence electrons. The Hall–Kier alpha value is -3.71. The van der Waals surface area contributed by atoms with Crippen molar-refractivity contribution in [3.8, 4) is 0 Å². The summed E-state index contributed by atoms with van der Waals surface area (Å²) in [7, 11) is 0. The number of hydrogen-bond acceptors (Lipinski definition) is 4. The molecule has 8 heteroatoms. The number of amides is 1. The highest BCUT2D eigenvalue weighted by Gasteiger charge is 2.13. The minimum Gasteiger partial charge on any atom is -0.365 e. The Labute approximate surface area is 188 Å². The van der Waals surface area contributed by atoms with Gasteiger partial charge in [0.2, 0.25) is 5.91 Å². The van der Waals surface area contributed by atoms with Gasteiger partial charge in [-0.25, -0.2) is 9.18 Å². The van der Waals surface area contributed by atoms with Crippen molar-refractivity contribution in [2.24, 2.45) is 0 Å². The van der Waals surface area contributed by atoms with Gasteiger partial charge in [-0.1, -0.05) is 54.1 Å². The number of benzene rings is 3. The molecule has 2 N–H and O–H groups in total. The lowest BCUT2D eigenvalue weighted by atomic mass is 10.2. The molecule has 0 aliphatic carbocycles. The summed E-state index contributed by atoms with van der Waals surface area (Å²) in [6.45, 7) is 0.462. The van der Waals surface area contributed by atoms with Gasteiger partial charge in [-0.05, 0) is 41.5 Å². The van der Waals surface area contributed by atoms with Gasteiger partial charge >= 0.3 is 5.69 Å². The summed E-state index contributed by atoms with van der Waals surface area (Å²) in [6.07, 6.45) is 0. The normalized spacial score (nSPS) is 10.8. The number of nitrogens with one attached hydrogen (secondary N) is 2. The summed E-state index contributed by atoms with van der Waals surface area (Å²) in [5, 5.41) is 7.19. The molecule has 1 heterocycles. The number of anilines is 1. The van der Waals surface area contributed by atoms with Crippen molar-refractivity contribution in [2.45, 2.75) is 19.6 Å².